The first kappa shape index (κ1) is 15.1. The van der Waals surface area contributed by atoms with E-state index >= 15 is 0 Å². The molecular formula is C16H10Cl2N4O2. The Kier molecular flexibility index (Phi) is 3.16. The summed E-state index contributed by atoms with van der Waals surface area (Å²) in [6, 6.07) is 4.62. The van der Waals surface area contributed by atoms with Crippen LogP contribution in [0.3, 0.4) is 0 Å². The fraction of sp³-hybridized carbons (Fsp3) is 0.125. The van der Waals surface area contributed by atoms with Crippen molar-refractivity contribution >= 4 is 51.7 Å². The Morgan fingerprint density at radius 2 is 1.83 bits per heavy atom. The molecule has 8 heteroatoms. The lowest BCUT2D eigenvalue weighted by Crippen LogP contribution is -2.29. The zero-order valence-electron chi connectivity index (χ0n) is 12.7. The number of amides is 2. The number of hydrogen-bond acceptors (Lipinski definition) is 4. The summed E-state index contributed by atoms with van der Waals surface area (Å²) < 4.78 is 1.59. The highest BCUT2D eigenvalue weighted by molar-refractivity contribution is 6.43. The molecule has 6 nitrogen and oxygen atoms in total. The maximum Gasteiger partial charge on any atom is 0.267 e. The van der Waals surface area contributed by atoms with Crippen molar-refractivity contribution in [3.63, 3.8) is 0 Å². The van der Waals surface area contributed by atoms with Gasteiger partial charge in [-0.2, -0.15) is 5.10 Å². The van der Waals surface area contributed by atoms with Crippen molar-refractivity contribution < 1.29 is 9.59 Å². The quantitative estimate of drug-likeness (QED) is 0.623. The van der Waals surface area contributed by atoms with Crippen molar-refractivity contribution in [3.05, 3.63) is 51.3 Å². The number of nitrogens with zero attached hydrogens (tertiary/aromatic N) is 4. The highest BCUT2D eigenvalue weighted by Gasteiger charge is 2.39. The number of halogens is 2. The number of hydrogen-bond donors (Lipinski definition) is 0. The van der Waals surface area contributed by atoms with E-state index in [0.29, 0.717) is 33.0 Å². The zero-order valence-corrected chi connectivity index (χ0v) is 14.2. The molecule has 3 heterocycles. The number of carbonyl (C=O) groups is 2. The minimum atomic E-state index is -0.439. The van der Waals surface area contributed by atoms with Gasteiger partial charge in [-0.1, -0.05) is 23.2 Å². The standard InChI is InChI=1S/C16H10Cl2N4O2/c1-7-12-13-9(6-19-14(12)21(2)20-7)15(23)22(16(13)24)8-3-4-10(17)11(18)5-8/h3-6H,1-2H3. The summed E-state index contributed by atoms with van der Waals surface area (Å²) in [5.41, 5.74) is 2.15. The van der Waals surface area contributed by atoms with E-state index in [1.165, 1.54) is 12.3 Å². The van der Waals surface area contributed by atoms with E-state index in [4.69, 9.17) is 23.2 Å². The summed E-state index contributed by atoms with van der Waals surface area (Å²) in [4.78, 5) is 31.0. The molecule has 0 N–H and O–H groups in total. The molecule has 1 aliphatic rings. The maximum atomic E-state index is 12.9. The van der Waals surface area contributed by atoms with E-state index in [9.17, 15) is 9.59 Å². The number of fused-ring (bicyclic) bond motifs is 3. The molecule has 0 radical (unpaired) electrons. The van der Waals surface area contributed by atoms with E-state index in [1.807, 2.05) is 0 Å². The van der Waals surface area contributed by atoms with Gasteiger partial charge in [-0.25, -0.2) is 9.88 Å². The molecule has 0 bridgehead atoms. The second-order valence-electron chi connectivity index (χ2n) is 5.50. The van der Waals surface area contributed by atoms with Crippen LogP contribution in [-0.4, -0.2) is 26.6 Å². The first-order valence-electron chi connectivity index (χ1n) is 7.06. The summed E-state index contributed by atoms with van der Waals surface area (Å²) in [6.45, 7) is 1.78. The van der Waals surface area contributed by atoms with Gasteiger partial charge in [0.15, 0.2) is 5.65 Å². The minimum Gasteiger partial charge on any atom is -0.268 e. The molecule has 0 atom stereocenters. The maximum absolute atomic E-state index is 12.9. The number of imide groups is 1. The average Bonchev–Trinajstić information content (AvgIpc) is 2.97. The van der Waals surface area contributed by atoms with Crippen LogP contribution < -0.4 is 4.90 Å². The topological polar surface area (TPSA) is 68.1 Å². The Hall–Kier alpha value is -2.44. The zero-order chi connectivity index (χ0) is 17.2. The molecule has 0 saturated heterocycles. The van der Waals surface area contributed by atoms with Crippen molar-refractivity contribution in [2.24, 2.45) is 7.05 Å². The van der Waals surface area contributed by atoms with Crippen LogP contribution in [0.2, 0.25) is 10.0 Å². The van der Waals surface area contributed by atoms with Crippen LogP contribution in [0.15, 0.2) is 24.4 Å². The molecule has 120 valence electrons. The molecule has 24 heavy (non-hydrogen) atoms. The van der Waals surface area contributed by atoms with E-state index in [0.717, 1.165) is 4.90 Å². The molecule has 4 rings (SSSR count). The third-order valence-corrected chi connectivity index (χ3v) is 4.78. The third-order valence-electron chi connectivity index (χ3n) is 4.04. The molecule has 1 aromatic carbocycles. The van der Waals surface area contributed by atoms with Crippen molar-refractivity contribution in [2.45, 2.75) is 6.92 Å². The highest BCUT2D eigenvalue weighted by atomic mass is 35.5. The largest absolute Gasteiger partial charge is 0.268 e. The number of pyridine rings is 1. The molecule has 3 aromatic rings. The molecule has 2 aromatic heterocycles. The lowest BCUT2D eigenvalue weighted by atomic mass is 10.1. The van der Waals surface area contributed by atoms with E-state index < -0.39 is 11.8 Å². The van der Waals surface area contributed by atoms with Gasteiger partial charge in [0, 0.05) is 13.2 Å². The predicted molar refractivity (Wildman–Crippen MR) is 90.8 cm³/mol. The molecule has 1 aliphatic heterocycles. The van der Waals surface area contributed by atoms with Gasteiger partial charge in [0.05, 0.1) is 37.9 Å². The monoisotopic (exact) mass is 360 g/mol. The fourth-order valence-corrected chi connectivity index (χ4v) is 3.27. The van der Waals surface area contributed by atoms with Gasteiger partial charge in [0.1, 0.15) is 0 Å². The molecule has 0 aliphatic carbocycles. The third kappa shape index (κ3) is 1.90. The summed E-state index contributed by atoms with van der Waals surface area (Å²) in [5, 5.41) is 5.50. The van der Waals surface area contributed by atoms with Crippen LogP contribution in [0, 0.1) is 6.92 Å². The molecule has 0 fully saturated rings. The van der Waals surface area contributed by atoms with Gasteiger partial charge in [-0.3, -0.25) is 14.3 Å². The Morgan fingerprint density at radius 3 is 2.54 bits per heavy atom. The number of rotatable bonds is 1. The van der Waals surface area contributed by atoms with Gasteiger partial charge in [0.2, 0.25) is 0 Å². The lowest BCUT2D eigenvalue weighted by molar-refractivity contribution is 0.0926. The first-order valence-corrected chi connectivity index (χ1v) is 7.82. The second kappa shape index (κ2) is 5.03. The lowest BCUT2D eigenvalue weighted by Gasteiger charge is -2.14. The Morgan fingerprint density at radius 1 is 1.08 bits per heavy atom. The van der Waals surface area contributed by atoms with Crippen molar-refractivity contribution in [3.8, 4) is 0 Å². The summed E-state index contributed by atoms with van der Waals surface area (Å²) >= 11 is 11.9. The Labute approximate surface area is 146 Å². The van der Waals surface area contributed by atoms with Gasteiger partial charge >= 0.3 is 0 Å². The van der Waals surface area contributed by atoms with Crippen LogP contribution in [0.4, 0.5) is 5.69 Å². The average molecular weight is 361 g/mol. The van der Waals surface area contributed by atoms with Crippen LogP contribution in [0.25, 0.3) is 11.0 Å². The van der Waals surface area contributed by atoms with E-state index in [-0.39, 0.29) is 10.6 Å². The van der Waals surface area contributed by atoms with Crippen molar-refractivity contribution in [1.82, 2.24) is 14.8 Å². The number of anilines is 1. The molecule has 0 spiro atoms. The van der Waals surface area contributed by atoms with E-state index in [2.05, 4.69) is 10.1 Å². The Balaban J connectivity index is 1.95. The van der Waals surface area contributed by atoms with E-state index in [1.54, 1.807) is 30.8 Å². The number of aryl methyl sites for hydroxylation is 2. The van der Waals surface area contributed by atoms with Crippen molar-refractivity contribution in [1.29, 1.82) is 0 Å². The molecular weight excluding hydrogens is 351 g/mol. The predicted octanol–water partition coefficient (Wildman–Crippen LogP) is 3.38. The van der Waals surface area contributed by atoms with Crippen LogP contribution in [0.1, 0.15) is 26.4 Å². The highest BCUT2D eigenvalue weighted by Crippen LogP contribution is 2.35. The number of benzene rings is 1. The second-order valence-corrected chi connectivity index (χ2v) is 6.31. The molecule has 0 unspecified atom stereocenters. The smallest absolute Gasteiger partial charge is 0.267 e. The normalized spacial score (nSPS) is 13.9. The van der Waals surface area contributed by atoms with Gasteiger partial charge in [-0.15, -0.1) is 0 Å². The van der Waals surface area contributed by atoms with Crippen molar-refractivity contribution in [2.75, 3.05) is 4.90 Å². The van der Waals surface area contributed by atoms with Crippen LogP contribution >= 0.6 is 23.2 Å². The first-order chi connectivity index (χ1) is 11.4. The summed E-state index contributed by atoms with van der Waals surface area (Å²) in [6.07, 6.45) is 1.41. The molecule has 0 saturated carbocycles. The number of aromatic nitrogens is 3. The van der Waals surface area contributed by atoms with Crippen LogP contribution in [0.5, 0.6) is 0 Å². The van der Waals surface area contributed by atoms with Gasteiger partial charge in [-0.05, 0) is 25.1 Å². The SMILES string of the molecule is Cc1nn(C)c2ncc3c(c12)C(=O)N(c1ccc(Cl)c(Cl)c1)C3=O. The Bertz CT molecular complexity index is 1060. The molecule has 2 amide bonds. The van der Waals surface area contributed by atoms with Gasteiger partial charge in [0.25, 0.3) is 11.8 Å². The number of carbonyl (C=O) groups excluding carboxylic acids is 2. The summed E-state index contributed by atoms with van der Waals surface area (Å²) in [7, 11) is 1.74. The minimum absolute atomic E-state index is 0.259. The van der Waals surface area contributed by atoms with Gasteiger partial charge < -0.3 is 0 Å². The van der Waals surface area contributed by atoms with Crippen LogP contribution in [-0.2, 0) is 7.05 Å². The summed E-state index contributed by atoms with van der Waals surface area (Å²) in [5.74, 6) is -0.858. The fourth-order valence-electron chi connectivity index (χ4n) is 2.98.